The van der Waals surface area contributed by atoms with Crippen molar-refractivity contribution < 1.29 is 4.79 Å². The largest absolute Gasteiger partial charge is 0.344 e. The van der Waals surface area contributed by atoms with Gasteiger partial charge in [0.15, 0.2) is 0 Å². The quantitative estimate of drug-likeness (QED) is 0.649. The number of likely N-dealkylation sites (tertiary alicyclic amines) is 1. The highest BCUT2D eigenvalue weighted by molar-refractivity contribution is 5.81. The van der Waals surface area contributed by atoms with Crippen molar-refractivity contribution in [3.05, 3.63) is 0 Å². The summed E-state index contributed by atoms with van der Waals surface area (Å²) in [6.45, 7) is 5.95. The fourth-order valence-corrected chi connectivity index (χ4v) is 2.32. The second-order valence-electron chi connectivity index (χ2n) is 4.48. The van der Waals surface area contributed by atoms with Gasteiger partial charge in [0.1, 0.15) is 0 Å². The van der Waals surface area contributed by atoms with E-state index in [4.69, 9.17) is 12.2 Å². The Morgan fingerprint density at radius 3 is 2.94 bits per heavy atom. The van der Waals surface area contributed by atoms with E-state index in [0.717, 1.165) is 13.0 Å². The van der Waals surface area contributed by atoms with Crippen molar-refractivity contribution >= 4 is 5.91 Å². The van der Waals surface area contributed by atoms with Crippen LogP contribution in [-0.4, -0.2) is 42.5 Å². The van der Waals surface area contributed by atoms with Gasteiger partial charge in [0.05, 0.1) is 12.6 Å². The van der Waals surface area contributed by atoms with Crippen LogP contribution in [0.25, 0.3) is 0 Å². The number of carbonyl (C=O) groups excluding carboxylic acids is 1. The normalized spacial score (nSPS) is 27.4. The third-order valence-corrected chi connectivity index (χ3v) is 3.28. The minimum absolute atomic E-state index is 0.00229. The maximum absolute atomic E-state index is 11.7. The van der Waals surface area contributed by atoms with E-state index in [0.29, 0.717) is 25.0 Å². The Hall–Kier alpha value is -1.05. The van der Waals surface area contributed by atoms with Crippen LogP contribution in [0.5, 0.6) is 0 Å². The summed E-state index contributed by atoms with van der Waals surface area (Å²) >= 11 is 0. The topological polar surface area (TPSA) is 58.4 Å². The molecule has 1 fully saturated rings. The van der Waals surface area contributed by atoms with Crippen molar-refractivity contribution in [3.63, 3.8) is 0 Å². The van der Waals surface area contributed by atoms with Crippen LogP contribution in [-0.2, 0) is 4.79 Å². The second-order valence-corrected chi connectivity index (χ2v) is 4.48. The first-order valence-electron chi connectivity index (χ1n) is 5.77. The van der Waals surface area contributed by atoms with Crippen molar-refractivity contribution in [1.82, 2.24) is 10.2 Å². The SMILES string of the molecule is C#CCNC(=O)C(C)N1CC(CN)CC1C. The Morgan fingerprint density at radius 1 is 1.75 bits per heavy atom. The first-order valence-corrected chi connectivity index (χ1v) is 5.77. The summed E-state index contributed by atoms with van der Waals surface area (Å²) in [5.41, 5.74) is 5.66. The van der Waals surface area contributed by atoms with E-state index in [1.165, 1.54) is 0 Å². The van der Waals surface area contributed by atoms with Gasteiger partial charge in [-0.05, 0) is 32.7 Å². The first-order chi connectivity index (χ1) is 7.60. The minimum Gasteiger partial charge on any atom is -0.344 e. The van der Waals surface area contributed by atoms with Gasteiger partial charge in [-0.2, -0.15) is 0 Å². The van der Waals surface area contributed by atoms with Crippen LogP contribution in [0.1, 0.15) is 20.3 Å². The Bertz CT molecular complexity index is 284. The van der Waals surface area contributed by atoms with Crippen LogP contribution in [0.4, 0.5) is 0 Å². The fraction of sp³-hybridized carbons (Fsp3) is 0.750. The van der Waals surface area contributed by atoms with Gasteiger partial charge in [-0.1, -0.05) is 5.92 Å². The molecule has 90 valence electrons. The lowest BCUT2D eigenvalue weighted by Gasteiger charge is -2.27. The maximum Gasteiger partial charge on any atom is 0.237 e. The average Bonchev–Trinajstić information content (AvgIpc) is 2.66. The van der Waals surface area contributed by atoms with Crippen molar-refractivity contribution in [3.8, 4) is 12.3 Å². The number of nitrogens with zero attached hydrogens (tertiary/aromatic N) is 1. The predicted octanol–water partition coefficient (Wildman–Crippen LogP) is -0.207. The number of terminal acetylenes is 1. The van der Waals surface area contributed by atoms with Crippen LogP contribution in [0.3, 0.4) is 0 Å². The van der Waals surface area contributed by atoms with E-state index in [-0.39, 0.29) is 11.9 Å². The fourth-order valence-electron chi connectivity index (χ4n) is 2.32. The van der Waals surface area contributed by atoms with Crippen molar-refractivity contribution in [2.24, 2.45) is 11.7 Å². The number of carbonyl (C=O) groups is 1. The average molecular weight is 223 g/mol. The smallest absolute Gasteiger partial charge is 0.237 e. The van der Waals surface area contributed by atoms with E-state index in [9.17, 15) is 4.79 Å². The number of nitrogens with one attached hydrogen (secondary N) is 1. The summed E-state index contributed by atoms with van der Waals surface area (Å²) in [7, 11) is 0. The predicted molar refractivity (Wildman–Crippen MR) is 64.6 cm³/mol. The molecule has 0 aromatic rings. The molecule has 3 atom stereocenters. The van der Waals surface area contributed by atoms with E-state index < -0.39 is 0 Å². The van der Waals surface area contributed by atoms with E-state index in [1.54, 1.807) is 0 Å². The third kappa shape index (κ3) is 2.97. The zero-order chi connectivity index (χ0) is 12.1. The molecule has 0 bridgehead atoms. The maximum atomic E-state index is 11.7. The van der Waals surface area contributed by atoms with Crippen LogP contribution >= 0.6 is 0 Å². The third-order valence-electron chi connectivity index (χ3n) is 3.28. The molecule has 1 saturated heterocycles. The van der Waals surface area contributed by atoms with Gasteiger partial charge in [-0.3, -0.25) is 9.69 Å². The summed E-state index contributed by atoms with van der Waals surface area (Å²) in [6.07, 6.45) is 6.18. The molecule has 1 heterocycles. The van der Waals surface area contributed by atoms with E-state index in [1.807, 2.05) is 6.92 Å². The molecule has 0 radical (unpaired) electrons. The summed E-state index contributed by atoms with van der Waals surface area (Å²) < 4.78 is 0. The molecule has 3 N–H and O–H groups in total. The van der Waals surface area contributed by atoms with Crippen LogP contribution in [0.15, 0.2) is 0 Å². The second kappa shape index (κ2) is 5.88. The van der Waals surface area contributed by atoms with Crippen LogP contribution in [0.2, 0.25) is 0 Å². The number of nitrogens with two attached hydrogens (primary N) is 1. The number of hydrogen-bond acceptors (Lipinski definition) is 3. The molecular weight excluding hydrogens is 202 g/mol. The highest BCUT2D eigenvalue weighted by Gasteiger charge is 2.33. The molecular formula is C12H21N3O. The molecule has 4 heteroatoms. The lowest BCUT2D eigenvalue weighted by Crippen LogP contribution is -2.46. The first kappa shape index (κ1) is 13.0. The molecule has 1 aliphatic heterocycles. The van der Waals surface area contributed by atoms with Gasteiger partial charge in [0.25, 0.3) is 0 Å². The van der Waals surface area contributed by atoms with Gasteiger partial charge in [-0.15, -0.1) is 6.42 Å². The zero-order valence-corrected chi connectivity index (χ0v) is 10.1. The Balaban J connectivity index is 2.51. The Morgan fingerprint density at radius 2 is 2.44 bits per heavy atom. The van der Waals surface area contributed by atoms with Crippen LogP contribution in [0, 0.1) is 18.3 Å². The monoisotopic (exact) mass is 223 g/mol. The summed E-state index contributed by atoms with van der Waals surface area (Å²) in [4.78, 5) is 13.9. The summed E-state index contributed by atoms with van der Waals surface area (Å²) in [5, 5.41) is 2.71. The molecule has 1 amide bonds. The van der Waals surface area contributed by atoms with Crippen LogP contribution < -0.4 is 11.1 Å². The van der Waals surface area contributed by atoms with E-state index >= 15 is 0 Å². The van der Waals surface area contributed by atoms with Gasteiger partial charge in [0, 0.05) is 12.6 Å². The lowest BCUT2D eigenvalue weighted by atomic mass is 10.1. The Kier molecular flexibility index (Phi) is 4.78. The summed E-state index contributed by atoms with van der Waals surface area (Å²) in [5.74, 6) is 2.92. The van der Waals surface area contributed by atoms with Gasteiger partial charge < -0.3 is 11.1 Å². The lowest BCUT2D eigenvalue weighted by molar-refractivity contribution is -0.125. The molecule has 0 aromatic carbocycles. The molecule has 1 rings (SSSR count). The molecule has 0 saturated carbocycles. The number of hydrogen-bond donors (Lipinski definition) is 2. The molecule has 3 unspecified atom stereocenters. The molecule has 0 aliphatic carbocycles. The van der Waals surface area contributed by atoms with Crippen molar-refractivity contribution in [2.45, 2.75) is 32.4 Å². The van der Waals surface area contributed by atoms with E-state index in [2.05, 4.69) is 23.1 Å². The van der Waals surface area contributed by atoms with Gasteiger partial charge in [0.2, 0.25) is 5.91 Å². The molecule has 0 aromatic heterocycles. The van der Waals surface area contributed by atoms with Crippen molar-refractivity contribution in [2.75, 3.05) is 19.6 Å². The highest BCUT2D eigenvalue weighted by atomic mass is 16.2. The molecule has 4 nitrogen and oxygen atoms in total. The molecule has 0 spiro atoms. The number of amides is 1. The number of rotatable bonds is 4. The van der Waals surface area contributed by atoms with Gasteiger partial charge in [-0.25, -0.2) is 0 Å². The van der Waals surface area contributed by atoms with Crippen molar-refractivity contribution in [1.29, 1.82) is 0 Å². The zero-order valence-electron chi connectivity index (χ0n) is 10.1. The highest BCUT2D eigenvalue weighted by Crippen LogP contribution is 2.24. The van der Waals surface area contributed by atoms with Gasteiger partial charge >= 0.3 is 0 Å². The Labute approximate surface area is 97.6 Å². The molecule has 16 heavy (non-hydrogen) atoms. The molecule has 1 aliphatic rings. The summed E-state index contributed by atoms with van der Waals surface area (Å²) in [6, 6.07) is 0.292. The minimum atomic E-state index is -0.125. The standard InChI is InChI=1S/C12H21N3O/c1-4-5-14-12(16)10(3)15-8-11(7-13)6-9(15)2/h1,9-11H,5-8,13H2,2-3H3,(H,14,16).